The van der Waals surface area contributed by atoms with Crippen LogP contribution in [0.15, 0.2) is 36.5 Å². The first-order valence-corrected chi connectivity index (χ1v) is 17.0. The van der Waals surface area contributed by atoms with E-state index < -0.39 is 21.7 Å². The molecule has 10 nitrogen and oxygen atoms in total. The Morgan fingerprint density at radius 2 is 1.91 bits per heavy atom. The number of esters is 1. The highest BCUT2D eigenvalue weighted by atomic mass is 32.2. The van der Waals surface area contributed by atoms with Crippen molar-refractivity contribution in [3.63, 3.8) is 0 Å². The molecular weight excluding hydrogens is 590 g/mol. The third-order valence-corrected chi connectivity index (χ3v) is 10.7. The van der Waals surface area contributed by atoms with Gasteiger partial charge >= 0.3 is 5.97 Å². The molecular formula is C34H43N5O5S. The Hall–Kier alpha value is -3.41. The Labute approximate surface area is 268 Å². The number of ether oxygens (including phenoxy) is 2. The number of carbonyl (C=O) groups excluding carboxylic acids is 2. The molecule has 2 N–H and O–H groups in total. The number of cyclic esters (lactones) is 1. The van der Waals surface area contributed by atoms with Crippen molar-refractivity contribution >= 4 is 45.6 Å². The van der Waals surface area contributed by atoms with Gasteiger partial charge in [-0.3, -0.25) is 4.79 Å². The lowest BCUT2D eigenvalue weighted by Crippen LogP contribution is -2.56. The summed E-state index contributed by atoms with van der Waals surface area (Å²) in [5.41, 5.74) is 1.48. The van der Waals surface area contributed by atoms with Crippen LogP contribution in [0.25, 0.3) is 10.8 Å². The lowest BCUT2D eigenvalue weighted by Gasteiger charge is -2.39. The van der Waals surface area contributed by atoms with Crippen molar-refractivity contribution in [3.8, 4) is 5.75 Å². The maximum atomic E-state index is 13.1. The van der Waals surface area contributed by atoms with Crippen molar-refractivity contribution in [1.82, 2.24) is 19.6 Å². The molecule has 0 unspecified atom stereocenters. The van der Waals surface area contributed by atoms with E-state index in [1.165, 1.54) is 0 Å². The van der Waals surface area contributed by atoms with Gasteiger partial charge in [-0.15, -0.1) is 4.72 Å². The second kappa shape index (κ2) is 11.7. The fourth-order valence-electron chi connectivity index (χ4n) is 5.73. The van der Waals surface area contributed by atoms with Crippen molar-refractivity contribution in [2.75, 3.05) is 18.4 Å². The molecule has 11 heteroatoms. The number of anilines is 2. The molecule has 2 aliphatic heterocycles. The average molecular weight is 634 g/mol. The van der Waals surface area contributed by atoms with E-state index in [2.05, 4.69) is 17.0 Å². The Kier molecular flexibility index (Phi) is 8.24. The van der Waals surface area contributed by atoms with Crippen molar-refractivity contribution in [2.45, 2.75) is 96.1 Å². The molecule has 2 aromatic heterocycles. The standard InChI is InChI=1S/C34H43N5O5S/c1-8-26(38-45(42)33(3,4)5)22-11-13-27(43-21-17-39(18-21)31(40)20-9-10-20)25-16-35-29(15-24(22)25)36-28-14-12-23-30(37-28)19(2)34(6,7)44-32(23)41/h11-16,19-21,26,38H,8-10,17-18H2,1-7H3,(H,35,36,37)/t19-,26+,45+/m1/s1. The number of amides is 1. The molecule has 2 fully saturated rings. The summed E-state index contributed by atoms with van der Waals surface area (Å²) in [6.07, 6.45) is 4.42. The Morgan fingerprint density at radius 1 is 1.18 bits per heavy atom. The van der Waals surface area contributed by atoms with Gasteiger partial charge in [-0.2, -0.15) is 0 Å². The number of pyridine rings is 2. The number of rotatable bonds is 9. The van der Waals surface area contributed by atoms with Gasteiger partial charge in [0.1, 0.15) is 33.8 Å². The minimum absolute atomic E-state index is 0.0781. The van der Waals surface area contributed by atoms with Crippen LogP contribution in [-0.2, 0) is 20.9 Å². The normalized spacial score (nSPS) is 21.0. The van der Waals surface area contributed by atoms with Crippen LogP contribution in [0, 0.1) is 5.92 Å². The van der Waals surface area contributed by atoms with Crippen LogP contribution in [-0.4, -0.2) is 60.8 Å². The summed E-state index contributed by atoms with van der Waals surface area (Å²) in [5, 5.41) is 5.09. The van der Waals surface area contributed by atoms with Gasteiger partial charge in [0.25, 0.3) is 0 Å². The zero-order valence-electron chi connectivity index (χ0n) is 27.1. The van der Waals surface area contributed by atoms with Crippen molar-refractivity contribution in [1.29, 1.82) is 0 Å². The van der Waals surface area contributed by atoms with Crippen LogP contribution in [0.2, 0.25) is 0 Å². The molecule has 4 heterocycles. The van der Waals surface area contributed by atoms with Gasteiger partial charge in [-0.1, -0.05) is 19.9 Å². The smallest absolute Gasteiger partial charge is 0.340 e. The van der Waals surface area contributed by atoms with Crippen LogP contribution in [0.5, 0.6) is 5.75 Å². The molecule has 0 radical (unpaired) electrons. The highest BCUT2D eigenvalue weighted by molar-refractivity contribution is 7.90. The average Bonchev–Trinajstić information content (AvgIpc) is 3.81. The van der Waals surface area contributed by atoms with Crippen LogP contribution in [0.3, 0.4) is 0 Å². The quantitative estimate of drug-likeness (QED) is 0.218. The van der Waals surface area contributed by atoms with Crippen LogP contribution in [0.1, 0.15) is 101 Å². The van der Waals surface area contributed by atoms with Crippen LogP contribution >= 0.6 is 0 Å². The summed E-state index contributed by atoms with van der Waals surface area (Å²) in [4.78, 5) is 36.4. The van der Waals surface area contributed by atoms with Crippen molar-refractivity contribution in [2.24, 2.45) is 5.92 Å². The number of carbonyl (C=O) groups is 2. The minimum atomic E-state index is -1.27. The van der Waals surface area contributed by atoms with E-state index in [-0.39, 0.29) is 35.9 Å². The topological polar surface area (TPSA) is 129 Å². The molecule has 45 heavy (non-hydrogen) atoms. The third kappa shape index (κ3) is 6.35. The first-order chi connectivity index (χ1) is 21.2. The van der Waals surface area contributed by atoms with E-state index >= 15 is 0 Å². The fourth-order valence-corrected chi connectivity index (χ4v) is 6.64. The van der Waals surface area contributed by atoms with Crippen LogP contribution in [0.4, 0.5) is 11.6 Å². The highest BCUT2D eigenvalue weighted by Crippen LogP contribution is 2.39. The van der Waals surface area contributed by atoms with E-state index in [0.29, 0.717) is 41.7 Å². The summed E-state index contributed by atoms with van der Waals surface area (Å²) in [6.45, 7) is 14.9. The predicted octanol–water partition coefficient (Wildman–Crippen LogP) is 5.93. The van der Waals surface area contributed by atoms with E-state index in [1.807, 2.05) is 64.6 Å². The summed E-state index contributed by atoms with van der Waals surface area (Å²) in [6, 6.07) is 9.27. The largest absolute Gasteiger partial charge is 0.598 e. The third-order valence-electron chi connectivity index (χ3n) is 9.07. The fraction of sp³-hybridized carbons (Fsp3) is 0.529. The van der Waals surface area contributed by atoms with Gasteiger partial charge in [0.2, 0.25) is 5.91 Å². The van der Waals surface area contributed by atoms with E-state index in [0.717, 1.165) is 35.6 Å². The number of nitrogens with one attached hydrogen (secondary N) is 2. The lowest BCUT2D eigenvalue weighted by molar-refractivity contribution is -0.141. The molecule has 0 bridgehead atoms. The molecule has 6 rings (SSSR count). The molecule has 1 amide bonds. The van der Waals surface area contributed by atoms with E-state index in [9.17, 15) is 14.1 Å². The van der Waals surface area contributed by atoms with Gasteiger partial charge in [0, 0.05) is 34.8 Å². The molecule has 1 aliphatic carbocycles. The summed E-state index contributed by atoms with van der Waals surface area (Å²) >= 11 is -1.27. The maximum Gasteiger partial charge on any atom is 0.340 e. The molecule has 1 aromatic carbocycles. The number of hydrogen-bond donors (Lipinski definition) is 2. The molecule has 0 spiro atoms. The maximum absolute atomic E-state index is 13.1. The van der Waals surface area contributed by atoms with Gasteiger partial charge in [-0.25, -0.2) is 14.8 Å². The minimum Gasteiger partial charge on any atom is -0.598 e. The Morgan fingerprint density at radius 3 is 2.58 bits per heavy atom. The second-order valence-electron chi connectivity index (χ2n) is 14.0. The zero-order chi connectivity index (χ0) is 32.3. The zero-order valence-corrected chi connectivity index (χ0v) is 27.9. The molecule has 3 aromatic rings. The summed E-state index contributed by atoms with van der Waals surface area (Å²) in [5.74, 6) is 1.82. The molecule has 1 saturated heterocycles. The molecule has 3 aliphatic rings. The van der Waals surface area contributed by atoms with E-state index in [1.54, 1.807) is 18.3 Å². The Balaban J connectivity index is 1.32. The first-order valence-electron chi connectivity index (χ1n) is 15.8. The van der Waals surface area contributed by atoms with Gasteiger partial charge in [0.15, 0.2) is 0 Å². The van der Waals surface area contributed by atoms with Gasteiger partial charge in [0.05, 0.1) is 30.4 Å². The summed E-state index contributed by atoms with van der Waals surface area (Å²) in [7, 11) is 0. The predicted molar refractivity (Wildman–Crippen MR) is 175 cm³/mol. The SMILES string of the molecule is CC[C@H](N[S@@+]([O-])C(C)(C)C)c1ccc(OC2CN(C(=O)C3CC3)C2)c2cnc(Nc3ccc4c(n3)[C@@H](C)C(C)(C)OC4=O)cc12. The lowest BCUT2D eigenvalue weighted by atomic mass is 9.84. The molecule has 240 valence electrons. The number of nitrogens with zero attached hydrogens (tertiary/aromatic N) is 3. The number of hydrogen-bond acceptors (Lipinski definition) is 9. The molecule has 3 atom stereocenters. The second-order valence-corrected chi connectivity index (χ2v) is 16.0. The number of aromatic nitrogens is 2. The van der Waals surface area contributed by atoms with Gasteiger partial charge < -0.3 is 24.2 Å². The number of likely N-dealkylation sites (tertiary alicyclic amines) is 1. The molecule has 1 saturated carbocycles. The van der Waals surface area contributed by atoms with Crippen LogP contribution < -0.4 is 14.8 Å². The van der Waals surface area contributed by atoms with Gasteiger partial charge in [-0.05, 0) is 89.1 Å². The van der Waals surface area contributed by atoms with Crippen molar-refractivity contribution in [3.05, 3.63) is 53.3 Å². The highest BCUT2D eigenvalue weighted by Gasteiger charge is 2.41. The Bertz CT molecular complexity index is 1630. The van der Waals surface area contributed by atoms with Crippen molar-refractivity contribution < 1.29 is 23.6 Å². The number of fused-ring (bicyclic) bond motifs is 2. The number of benzene rings is 1. The monoisotopic (exact) mass is 633 g/mol. The summed E-state index contributed by atoms with van der Waals surface area (Å²) < 4.78 is 28.1. The first kappa shape index (κ1) is 31.6. The van der Waals surface area contributed by atoms with E-state index in [4.69, 9.17) is 19.4 Å².